The fraction of sp³-hybridized carbons (Fsp3) is 0.0370. The Hall–Kier alpha value is -3.38. The van der Waals surface area contributed by atoms with Crippen LogP contribution in [0.5, 0.6) is 0 Å². The molecule has 2 aliphatic rings. The maximum absolute atomic E-state index is 2.34. The van der Waals surface area contributed by atoms with Gasteiger partial charge in [-0.1, -0.05) is 85.0 Å². The number of allylic oxidation sites excluding steroid dienone is 6. The van der Waals surface area contributed by atoms with E-state index in [1.54, 1.807) is 0 Å². The first kappa shape index (κ1) is 13.8. The molecule has 5 aromatic carbocycles. The molecule has 5 aromatic rings. The van der Waals surface area contributed by atoms with Gasteiger partial charge in [0.15, 0.2) is 0 Å². The Bertz CT molecular complexity index is 1420. The van der Waals surface area contributed by atoms with Gasteiger partial charge in [-0.2, -0.15) is 0 Å². The fourth-order valence-electron chi connectivity index (χ4n) is 5.28. The Kier molecular flexibility index (Phi) is 2.38. The van der Waals surface area contributed by atoms with Gasteiger partial charge < -0.3 is 0 Å². The van der Waals surface area contributed by atoms with Gasteiger partial charge in [-0.25, -0.2) is 0 Å². The van der Waals surface area contributed by atoms with Gasteiger partial charge in [-0.15, -0.1) is 0 Å². The van der Waals surface area contributed by atoms with Gasteiger partial charge >= 0.3 is 0 Å². The van der Waals surface area contributed by atoms with Crippen molar-refractivity contribution in [3.05, 3.63) is 96.1 Å². The maximum Gasteiger partial charge on any atom is -0.00139 e. The molecule has 124 valence electrons. The molecule has 0 heterocycles. The number of benzene rings is 5. The second-order valence-corrected chi connectivity index (χ2v) is 7.65. The van der Waals surface area contributed by atoms with Gasteiger partial charge in [-0.05, 0) is 71.8 Å². The van der Waals surface area contributed by atoms with Gasteiger partial charge in [0.05, 0.1) is 0 Å². The van der Waals surface area contributed by atoms with E-state index in [0.29, 0.717) is 0 Å². The molecule has 0 heteroatoms. The van der Waals surface area contributed by atoms with Crippen LogP contribution in [-0.4, -0.2) is 0 Å². The van der Waals surface area contributed by atoms with Crippen molar-refractivity contribution in [2.45, 2.75) is 6.42 Å². The number of rotatable bonds is 0. The van der Waals surface area contributed by atoms with Crippen molar-refractivity contribution in [2.24, 2.45) is 0 Å². The van der Waals surface area contributed by atoms with Crippen LogP contribution >= 0.6 is 0 Å². The van der Waals surface area contributed by atoms with Crippen LogP contribution in [0.15, 0.2) is 85.0 Å². The van der Waals surface area contributed by atoms with Gasteiger partial charge in [0.1, 0.15) is 0 Å². The van der Waals surface area contributed by atoms with Crippen LogP contribution < -0.4 is 0 Å². The monoisotopic (exact) mass is 340 g/mol. The minimum absolute atomic E-state index is 1.01. The lowest BCUT2D eigenvalue weighted by Crippen LogP contribution is -1.89. The second kappa shape index (κ2) is 4.66. The molecular formula is C27H16. The van der Waals surface area contributed by atoms with Crippen LogP contribution in [0.2, 0.25) is 0 Å². The molecule has 0 unspecified atom stereocenters. The molecule has 0 spiro atoms. The van der Waals surface area contributed by atoms with Crippen molar-refractivity contribution in [3.63, 3.8) is 0 Å². The molecule has 0 N–H and O–H groups in total. The molecule has 0 bridgehead atoms. The maximum atomic E-state index is 2.34. The Balaban J connectivity index is 1.79. The van der Waals surface area contributed by atoms with Gasteiger partial charge in [0.25, 0.3) is 0 Å². The zero-order valence-corrected chi connectivity index (χ0v) is 14.8. The molecule has 7 rings (SSSR count). The van der Waals surface area contributed by atoms with E-state index >= 15 is 0 Å². The molecule has 0 saturated carbocycles. The highest BCUT2D eigenvalue weighted by Gasteiger charge is 2.25. The summed E-state index contributed by atoms with van der Waals surface area (Å²) in [7, 11) is 0. The summed E-state index contributed by atoms with van der Waals surface area (Å²) in [4.78, 5) is 0. The Morgan fingerprint density at radius 3 is 1.63 bits per heavy atom. The zero-order chi connectivity index (χ0) is 17.5. The molecule has 0 aliphatic heterocycles. The van der Waals surface area contributed by atoms with Crippen LogP contribution in [0, 0.1) is 0 Å². The molecular weight excluding hydrogens is 324 g/mol. The third-order valence-corrected chi connectivity index (χ3v) is 6.36. The van der Waals surface area contributed by atoms with Crippen molar-refractivity contribution < 1.29 is 0 Å². The smallest absolute Gasteiger partial charge is 0.00139 e. The summed E-state index contributed by atoms with van der Waals surface area (Å²) < 4.78 is 0. The lowest BCUT2D eigenvalue weighted by Gasteiger charge is -2.16. The largest absolute Gasteiger partial charge is 0.0801 e. The lowest BCUT2D eigenvalue weighted by molar-refractivity contribution is 1.41. The topological polar surface area (TPSA) is 0 Å². The highest BCUT2D eigenvalue weighted by Crippen LogP contribution is 2.49. The van der Waals surface area contributed by atoms with Crippen LogP contribution in [0.25, 0.3) is 54.2 Å². The van der Waals surface area contributed by atoms with Crippen molar-refractivity contribution in [1.29, 1.82) is 0 Å². The summed E-state index contributed by atoms with van der Waals surface area (Å²) >= 11 is 0. The first-order chi connectivity index (χ1) is 13.4. The van der Waals surface area contributed by atoms with Gasteiger partial charge in [0.2, 0.25) is 0 Å². The highest BCUT2D eigenvalue weighted by atomic mass is 14.3. The molecule has 2 aliphatic carbocycles. The molecule has 0 radical (unpaired) electrons. The Labute approximate surface area is 157 Å². The van der Waals surface area contributed by atoms with E-state index in [-0.39, 0.29) is 0 Å². The predicted octanol–water partition coefficient (Wildman–Crippen LogP) is 7.48. The molecule has 0 aromatic heterocycles. The highest BCUT2D eigenvalue weighted by molar-refractivity contribution is 6.36. The van der Waals surface area contributed by atoms with E-state index in [9.17, 15) is 0 Å². The summed E-state index contributed by atoms with van der Waals surface area (Å²) in [5, 5.41) is 11.1. The molecule has 0 saturated heterocycles. The normalized spacial score (nSPS) is 15.6. The summed E-state index contributed by atoms with van der Waals surface area (Å²) in [5.41, 5.74) is 5.52. The first-order valence-electron chi connectivity index (χ1n) is 9.62. The summed E-state index contributed by atoms with van der Waals surface area (Å²) in [6, 6.07) is 22.8. The molecule has 0 fully saturated rings. The van der Waals surface area contributed by atoms with E-state index in [4.69, 9.17) is 0 Å². The summed E-state index contributed by atoms with van der Waals surface area (Å²) in [6.07, 6.45) is 10.2. The number of hydrogen-bond donors (Lipinski definition) is 0. The zero-order valence-electron chi connectivity index (χ0n) is 14.8. The van der Waals surface area contributed by atoms with Crippen molar-refractivity contribution in [2.75, 3.05) is 0 Å². The van der Waals surface area contributed by atoms with Crippen molar-refractivity contribution in [1.82, 2.24) is 0 Å². The van der Waals surface area contributed by atoms with E-state index in [1.165, 1.54) is 65.4 Å². The van der Waals surface area contributed by atoms with Gasteiger partial charge in [0, 0.05) is 0 Å². The van der Waals surface area contributed by atoms with Crippen LogP contribution in [0.1, 0.15) is 17.5 Å². The molecule has 27 heavy (non-hydrogen) atoms. The van der Waals surface area contributed by atoms with Crippen LogP contribution in [0.3, 0.4) is 0 Å². The Morgan fingerprint density at radius 2 is 1.04 bits per heavy atom. The van der Waals surface area contributed by atoms with Crippen molar-refractivity contribution >= 4 is 54.2 Å². The van der Waals surface area contributed by atoms with E-state index in [0.717, 1.165) is 6.42 Å². The third-order valence-electron chi connectivity index (χ3n) is 6.36. The summed E-state index contributed by atoms with van der Waals surface area (Å²) in [6.45, 7) is 0. The third kappa shape index (κ3) is 1.56. The van der Waals surface area contributed by atoms with E-state index < -0.39 is 0 Å². The number of fused-ring (bicyclic) bond motifs is 4. The minimum atomic E-state index is 1.01. The standard InChI is InChI=1S/C27H16/c1-2-8-17-18(9-3-1)22-13-15-24-20-11-5-7-16-6-4-10-19(25(16)20)23-14-12-21(17)26(22)27(23)24/h2-15H,1H2. The minimum Gasteiger partial charge on any atom is -0.0801 e. The van der Waals surface area contributed by atoms with E-state index in [1.807, 2.05) is 0 Å². The SMILES string of the molecule is C1=CC2=C(C=CC1)c1ccc3c4cccc5cccc(c6ccc2c1c63)c54. The summed E-state index contributed by atoms with van der Waals surface area (Å²) in [5.74, 6) is 0. The van der Waals surface area contributed by atoms with E-state index in [2.05, 4.69) is 85.0 Å². The number of hydrogen-bond acceptors (Lipinski definition) is 0. The molecule has 0 nitrogen and oxygen atoms in total. The van der Waals surface area contributed by atoms with Crippen LogP contribution in [0.4, 0.5) is 0 Å². The predicted molar refractivity (Wildman–Crippen MR) is 117 cm³/mol. The lowest BCUT2D eigenvalue weighted by atomic mass is 9.87. The van der Waals surface area contributed by atoms with Crippen LogP contribution in [-0.2, 0) is 0 Å². The fourth-order valence-corrected chi connectivity index (χ4v) is 5.28. The van der Waals surface area contributed by atoms with Crippen molar-refractivity contribution in [3.8, 4) is 0 Å². The van der Waals surface area contributed by atoms with Gasteiger partial charge in [-0.3, -0.25) is 0 Å². The first-order valence-corrected chi connectivity index (χ1v) is 9.62. The average Bonchev–Trinajstić information content (AvgIpc) is 2.86. The quantitative estimate of drug-likeness (QED) is 0.202. The average molecular weight is 340 g/mol. The molecule has 0 atom stereocenters. The second-order valence-electron chi connectivity index (χ2n) is 7.65. The molecule has 0 amide bonds. The Morgan fingerprint density at radius 1 is 0.481 bits per heavy atom.